The molecule has 1 amide bonds. The largest absolute Gasteiger partial charge is 0.345 e. The molecule has 0 N–H and O–H groups in total. The molecule has 2 fully saturated rings. The minimum atomic E-state index is 0.0903. The molecule has 0 atom stereocenters. The molecule has 1 saturated carbocycles. The van der Waals surface area contributed by atoms with Crippen molar-refractivity contribution in [2.45, 2.75) is 38.5 Å². The van der Waals surface area contributed by atoms with Crippen molar-refractivity contribution in [3.05, 3.63) is 0 Å². The van der Waals surface area contributed by atoms with Crippen LogP contribution in [0.2, 0.25) is 0 Å². The van der Waals surface area contributed by atoms with E-state index in [4.69, 9.17) is 0 Å². The summed E-state index contributed by atoms with van der Waals surface area (Å²) < 4.78 is 0. The predicted octanol–water partition coefficient (Wildman–Crippen LogP) is 1.80. The molecule has 68 valence electrons. The molecule has 12 heavy (non-hydrogen) atoms. The standard InChI is InChI=1S/C10H17NO/c1-11-8-7-10(9(11)12)5-3-2-4-6-10/h2-8H2,1H3. The highest BCUT2D eigenvalue weighted by molar-refractivity contribution is 5.84. The van der Waals surface area contributed by atoms with Crippen molar-refractivity contribution in [1.29, 1.82) is 0 Å². The number of carbonyl (C=O) groups is 1. The average Bonchev–Trinajstić information content (AvgIpc) is 2.37. The van der Waals surface area contributed by atoms with E-state index in [0.29, 0.717) is 5.91 Å². The fraction of sp³-hybridized carbons (Fsp3) is 0.900. The van der Waals surface area contributed by atoms with Crippen LogP contribution < -0.4 is 0 Å². The van der Waals surface area contributed by atoms with Gasteiger partial charge in [0.15, 0.2) is 0 Å². The van der Waals surface area contributed by atoms with Crippen LogP contribution in [0.3, 0.4) is 0 Å². The van der Waals surface area contributed by atoms with Gasteiger partial charge in [0.05, 0.1) is 5.41 Å². The summed E-state index contributed by atoms with van der Waals surface area (Å²) in [5, 5.41) is 0. The van der Waals surface area contributed by atoms with Gasteiger partial charge in [-0.25, -0.2) is 0 Å². The summed E-state index contributed by atoms with van der Waals surface area (Å²) in [5.41, 5.74) is 0.0903. The molecule has 0 unspecified atom stereocenters. The van der Waals surface area contributed by atoms with Crippen molar-refractivity contribution < 1.29 is 4.79 Å². The van der Waals surface area contributed by atoms with Crippen molar-refractivity contribution in [2.75, 3.05) is 13.6 Å². The van der Waals surface area contributed by atoms with E-state index < -0.39 is 0 Å². The van der Waals surface area contributed by atoms with E-state index in [1.165, 1.54) is 19.3 Å². The Hall–Kier alpha value is -0.530. The van der Waals surface area contributed by atoms with E-state index in [0.717, 1.165) is 25.8 Å². The number of amides is 1. The molecule has 1 saturated heterocycles. The van der Waals surface area contributed by atoms with E-state index in [2.05, 4.69) is 0 Å². The molecule has 2 heteroatoms. The number of hydrogen-bond acceptors (Lipinski definition) is 1. The first-order chi connectivity index (χ1) is 5.75. The number of likely N-dealkylation sites (tertiary alicyclic amines) is 1. The lowest BCUT2D eigenvalue weighted by molar-refractivity contribution is -0.136. The van der Waals surface area contributed by atoms with E-state index in [-0.39, 0.29) is 5.41 Å². The van der Waals surface area contributed by atoms with Crippen molar-refractivity contribution >= 4 is 5.91 Å². The summed E-state index contributed by atoms with van der Waals surface area (Å²) >= 11 is 0. The first-order valence-corrected chi connectivity index (χ1v) is 5.00. The minimum absolute atomic E-state index is 0.0903. The predicted molar refractivity (Wildman–Crippen MR) is 47.8 cm³/mol. The minimum Gasteiger partial charge on any atom is -0.345 e. The lowest BCUT2D eigenvalue weighted by atomic mass is 9.73. The quantitative estimate of drug-likeness (QED) is 0.538. The van der Waals surface area contributed by atoms with Crippen molar-refractivity contribution in [1.82, 2.24) is 4.90 Å². The zero-order valence-corrected chi connectivity index (χ0v) is 7.81. The topological polar surface area (TPSA) is 20.3 Å². The molecule has 2 rings (SSSR count). The molecule has 2 aliphatic rings. The van der Waals surface area contributed by atoms with Crippen LogP contribution in [0, 0.1) is 5.41 Å². The highest BCUT2D eigenvalue weighted by Crippen LogP contribution is 2.44. The summed E-state index contributed by atoms with van der Waals surface area (Å²) in [7, 11) is 1.94. The van der Waals surface area contributed by atoms with Crippen LogP contribution in [0.5, 0.6) is 0 Å². The van der Waals surface area contributed by atoms with Gasteiger partial charge in [-0.05, 0) is 19.3 Å². The van der Waals surface area contributed by atoms with E-state index in [1.807, 2.05) is 11.9 Å². The SMILES string of the molecule is CN1CCC2(CCCCC2)C1=O. The summed E-state index contributed by atoms with van der Waals surface area (Å²) in [4.78, 5) is 13.7. The van der Waals surface area contributed by atoms with Crippen LogP contribution in [-0.4, -0.2) is 24.4 Å². The maximum absolute atomic E-state index is 11.8. The average molecular weight is 167 g/mol. The molecule has 1 heterocycles. The summed E-state index contributed by atoms with van der Waals surface area (Å²) in [6.45, 7) is 0.985. The van der Waals surface area contributed by atoms with Gasteiger partial charge in [0.2, 0.25) is 5.91 Å². The van der Waals surface area contributed by atoms with Gasteiger partial charge >= 0.3 is 0 Å². The third-order valence-corrected chi connectivity index (χ3v) is 3.54. The molecule has 0 radical (unpaired) electrons. The van der Waals surface area contributed by atoms with Gasteiger partial charge in [0.25, 0.3) is 0 Å². The third kappa shape index (κ3) is 1.05. The summed E-state index contributed by atoms with van der Waals surface area (Å²) in [6.07, 6.45) is 7.27. The number of nitrogens with zero attached hydrogens (tertiary/aromatic N) is 1. The molecular formula is C10H17NO. The molecular weight excluding hydrogens is 150 g/mol. The monoisotopic (exact) mass is 167 g/mol. The van der Waals surface area contributed by atoms with Crippen LogP contribution in [0.4, 0.5) is 0 Å². The second kappa shape index (κ2) is 2.75. The first-order valence-electron chi connectivity index (χ1n) is 5.00. The Kier molecular flexibility index (Phi) is 1.85. The Morgan fingerprint density at radius 3 is 2.33 bits per heavy atom. The molecule has 2 nitrogen and oxygen atoms in total. The third-order valence-electron chi connectivity index (χ3n) is 3.54. The molecule has 0 aromatic carbocycles. The lowest BCUT2D eigenvalue weighted by Crippen LogP contribution is -2.34. The zero-order valence-electron chi connectivity index (χ0n) is 7.81. The van der Waals surface area contributed by atoms with Crippen LogP contribution in [0.1, 0.15) is 38.5 Å². The van der Waals surface area contributed by atoms with Gasteiger partial charge < -0.3 is 4.90 Å². The number of carbonyl (C=O) groups excluding carboxylic acids is 1. The molecule has 0 aromatic rings. The van der Waals surface area contributed by atoms with Crippen LogP contribution in [0.25, 0.3) is 0 Å². The van der Waals surface area contributed by atoms with E-state index >= 15 is 0 Å². The maximum Gasteiger partial charge on any atom is 0.228 e. The summed E-state index contributed by atoms with van der Waals surface area (Å²) in [5.74, 6) is 0.419. The van der Waals surface area contributed by atoms with E-state index in [9.17, 15) is 4.79 Å². The Morgan fingerprint density at radius 2 is 1.83 bits per heavy atom. The van der Waals surface area contributed by atoms with Crippen molar-refractivity contribution in [3.63, 3.8) is 0 Å². The second-order valence-corrected chi connectivity index (χ2v) is 4.32. The van der Waals surface area contributed by atoms with Crippen LogP contribution in [0.15, 0.2) is 0 Å². The summed E-state index contributed by atoms with van der Waals surface area (Å²) in [6, 6.07) is 0. The van der Waals surface area contributed by atoms with Crippen molar-refractivity contribution in [3.8, 4) is 0 Å². The van der Waals surface area contributed by atoms with Gasteiger partial charge in [-0.1, -0.05) is 19.3 Å². The lowest BCUT2D eigenvalue weighted by Gasteiger charge is -2.30. The number of hydrogen-bond donors (Lipinski definition) is 0. The van der Waals surface area contributed by atoms with Crippen LogP contribution >= 0.6 is 0 Å². The normalized spacial score (nSPS) is 28.4. The smallest absolute Gasteiger partial charge is 0.228 e. The molecule has 1 aliphatic heterocycles. The fourth-order valence-corrected chi connectivity index (χ4v) is 2.69. The Labute approximate surface area is 73.9 Å². The Balaban J connectivity index is 2.14. The fourth-order valence-electron chi connectivity index (χ4n) is 2.69. The highest BCUT2D eigenvalue weighted by atomic mass is 16.2. The number of rotatable bonds is 0. The van der Waals surface area contributed by atoms with Gasteiger partial charge in [-0.3, -0.25) is 4.79 Å². The molecule has 1 aliphatic carbocycles. The van der Waals surface area contributed by atoms with Gasteiger partial charge in [0, 0.05) is 13.6 Å². The maximum atomic E-state index is 11.8. The Bertz CT molecular complexity index is 189. The highest BCUT2D eigenvalue weighted by Gasteiger charge is 2.45. The van der Waals surface area contributed by atoms with Gasteiger partial charge in [-0.15, -0.1) is 0 Å². The molecule has 0 aromatic heterocycles. The van der Waals surface area contributed by atoms with Gasteiger partial charge in [-0.2, -0.15) is 0 Å². The van der Waals surface area contributed by atoms with Gasteiger partial charge in [0.1, 0.15) is 0 Å². The van der Waals surface area contributed by atoms with Crippen LogP contribution in [-0.2, 0) is 4.79 Å². The van der Waals surface area contributed by atoms with E-state index in [1.54, 1.807) is 0 Å². The zero-order chi connectivity index (χ0) is 8.60. The first kappa shape index (κ1) is 8.09. The second-order valence-electron chi connectivity index (χ2n) is 4.32. The van der Waals surface area contributed by atoms with Crippen molar-refractivity contribution in [2.24, 2.45) is 5.41 Å². The molecule has 1 spiro atoms. The Morgan fingerprint density at radius 1 is 1.17 bits per heavy atom. The molecule has 0 bridgehead atoms.